The second kappa shape index (κ2) is 18.2. The van der Waals surface area contributed by atoms with Gasteiger partial charge < -0.3 is 44.1 Å². The monoisotopic (exact) mass is 753 g/mol. The van der Waals surface area contributed by atoms with Gasteiger partial charge in [0.05, 0.1) is 45.4 Å². The summed E-state index contributed by atoms with van der Waals surface area (Å²) in [6.45, 7) is -0.117. The van der Waals surface area contributed by atoms with Gasteiger partial charge in [-0.25, -0.2) is 18.0 Å². The van der Waals surface area contributed by atoms with Crippen LogP contribution in [0.2, 0.25) is 0 Å². The Kier molecular flexibility index (Phi) is 13.6. The number of amides is 2. The lowest BCUT2D eigenvalue weighted by Crippen LogP contribution is -2.19. The van der Waals surface area contributed by atoms with Crippen LogP contribution in [-0.2, 0) is 36.5 Å². The van der Waals surface area contributed by atoms with E-state index in [0.29, 0.717) is 44.4 Å². The van der Waals surface area contributed by atoms with E-state index in [-0.39, 0.29) is 43.2 Å². The fourth-order valence-electron chi connectivity index (χ4n) is 4.83. The van der Waals surface area contributed by atoms with Crippen molar-refractivity contribution in [2.75, 3.05) is 39.1 Å². The minimum Gasteiger partial charge on any atom is -0.496 e. The maximum Gasteiger partial charge on any atom is 0.412 e. The summed E-state index contributed by atoms with van der Waals surface area (Å²) in [6.07, 6.45) is 0.589. The zero-order valence-electron chi connectivity index (χ0n) is 29.3. The van der Waals surface area contributed by atoms with Crippen molar-refractivity contribution >= 4 is 45.3 Å². The maximum atomic E-state index is 13.1. The largest absolute Gasteiger partial charge is 0.496 e. The number of sulfone groups is 1. The second-order valence-electron chi connectivity index (χ2n) is 11.2. The molecule has 1 heterocycles. The lowest BCUT2D eigenvalue weighted by atomic mass is 10.1. The van der Waals surface area contributed by atoms with Crippen LogP contribution >= 0.6 is 0 Å². The number of aromatic hydroxyl groups is 2. The summed E-state index contributed by atoms with van der Waals surface area (Å²) in [6, 6.07) is 16.6. The van der Waals surface area contributed by atoms with E-state index >= 15 is 0 Å². The van der Waals surface area contributed by atoms with E-state index in [1.807, 2.05) is 0 Å². The van der Waals surface area contributed by atoms with Gasteiger partial charge in [-0.2, -0.15) is 0 Å². The van der Waals surface area contributed by atoms with Crippen molar-refractivity contribution in [1.82, 2.24) is 4.73 Å². The van der Waals surface area contributed by atoms with Crippen molar-refractivity contribution in [3.63, 3.8) is 0 Å². The molecule has 0 fully saturated rings. The highest BCUT2D eigenvalue weighted by molar-refractivity contribution is 7.93. The van der Waals surface area contributed by atoms with Crippen LogP contribution in [0.1, 0.15) is 36.0 Å². The van der Waals surface area contributed by atoms with Crippen LogP contribution in [-0.4, -0.2) is 69.8 Å². The molecule has 0 saturated heterocycles. The van der Waals surface area contributed by atoms with Crippen molar-refractivity contribution in [1.29, 1.82) is 0 Å². The molecule has 282 valence electrons. The van der Waals surface area contributed by atoms with Gasteiger partial charge in [0.25, 0.3) is 0 Å². The van der Waals surface area contributed by atoms with Gasteiger partial charge in [-0.05, 0) is 47.9 Å². The predicted molar refractivity (Wildman–Crippen MR) is 193 cm³/mol. The molecular weight excluding hydrogens is 714 g/mol. The van der Waals surface area contributed by atoms with E-state index < -0.39 is 39.4 Å². The number of anilines is 2. The molecule has 0 radical (unpaired) electrons. The first-order valence-corrected chi connectivity index (χ1v) is 17.6. The number of hydrogen-bond acceptors (Lipinski definition) is 13. The van der Waals surface area contributed by atoms with Gasteiger partial charge in [0.1, 0.15) is 29.6 Å². The molecule has 0 aliphatic rings. The highest BCUT2D eigenvalue weighted by Gasteiger charge is 2.17. The zero-order valence-corrected chi connectivity index (χ0v) is 30.1. The average Bonchev–Trinajstić information content (AvgIpc) is 3.45. The molecule has 0 atom stereocenters. The third-order valence-electron chi connectivity index (χ3n) is 7.45. The van der Waals surface area contributed by atoms with Crippen LogP contribution in [0, 0.1) is 0 Å². The Labute approximate surface area is 305 Å². The second-order valence-corrected chi connectivity index (χ2v) is 13.1. The van der Waals surface area contributed by atoms with Crippen molar-refractivity contribution in [2.45, 2.75) is 31.6 Å². The number of hydrogen-bond donors (Lipinski definition) is 4. The van der Waals surface area contributed by atoms with Crippen molar-refractivity contribution in [3.8, 4) is 34.8 Å². The summed E-state index contributed by atoms with van der Waals surface area (Å²) in [5.74, 6) is -0.914. The summed E-state index contributed by atoms with van der Waals surface area (Å²) < 4.78 is 53.4. The number of nitrogens with one attached hydrogen (secondary N) is 2. The van der Waals surface area contributed by atoms with Gasteiger partial charge in [-0.1, -0.05) is 18.2 Å². The van der Waals surface area contributed by atoms with Gasteiger partial charge in [0, 0.05) is 48.2 Å². The van der Waals surface area contributed by atoms with E-state index in [0.717, 1.165) is 17.5 Å². The van der Waals surface area contributed by atoms with Gasteiger partial charge in [-0.15, -0.1) is 4.73 Å². The van der Waals surface area contributed by atoms with E-state index in [4.69, 9.17) is 28.5 Å². The molecule has 53 heavy (non-hydrogen) atoms. The molecule has 4 rings (SSSR count). The number of aromatic nitrogens is 1. The zero-order chi connectivity index (χ0) is 38.5. The summed E-state index contributed by atoms with van der Waals surface area (Å²) in [5.41, 5.74) is 2.06. The first-order valence-electron chi connectivity index (χ1n) is 15.9. The van der Waals surface area contributed by atoms with Crippen LogP contribution in [0.3, 0.4) is 0 Å². The standard InChI is InChI=1S/C36H39N3O13S/c1-47-26-19-30(49-3)27(31(20-26)50-4)16-17-53(45,46)22-24-10-13-29(48-2)28(18-24)38-36(44)51-21-23-8-11-25(12-9-23)37-32(40)6-5-7-35(43)52-39-33(41)14-15-34(39)42/h8-20,41-42H,5-7,21-22H2,1-4H3,(H,37,40)(H,38,44). The molecule has 0 saturated carbocycles. The molecule has 4 aromatic rings. The highest BCUT2D eigenvalue weighted by Crippen LogP contribution is 2.35. The van der Waals surface area contributed by atoms with Crippen LogP contribution in [0.15, 0.2) is 72.1 Å². The Hall–Kier alpha value is -6.36. The molecule has 0 bridgehead atoms. The Morgan fingerprint density at radius 2 is 1.38 bits per heavy atom. The summed E-state index contributed by atoms with van der Waals surface area (Å²) in [5, 5.41) is 25.4. The number of carbonyl (C=O) groups excluding carboxylic acids is 3. The lowest BCUT2D eigenvalue weighted by molar-refractivity contribution is -0.145. The molecule has 4 N–H and O–H groups in total. The molecule has 0 aliphatic carbocycles. The number of ether oxygens (including phenoxy) is 5. The Balaban J connectivity index is 1.28. The van der Waals surface area contributed by atoms with E-state index in [1.165, 1.54) is 46.6 Å². The smallest absolute Gasteiger partial charge is 0.412 e. The Bertz CT molecular complexity index is 2010. The summed E-state index contributed by atoms with van der Waals surface area (Å²) >= 11 is 0. The maximum absolute atomic E-state index is 13.1. The molecule has 2 amide bonds. The first kappa shape index (κ1) is 39.4. The number of rotatable bonds is 17. The van der Waals surface area contributed by atoms with E-state index in [1.54, 1.807) is 42.5 Å². The van der Waals surface area contributed by atoms with E-state index in [2.05, 4.69) is 10.6 Å². The van der Waals surface area contributed by atoms with Gasteiger partial charge in [0.15, 0.2) is 9.84 Å². The van der Waals surface area contributed by atoms with Gasteiger partial charge in [-0.3, -0.25) is 10.1 Å². The summed E-state index contributed by atoms with van der Waals surface area (Å²) in [7, 11) is 1.97. The lowest BCUT2D eigenvalue weighted by Gasteiger charge is -2.13. The third kappa shape index (κ3) is 11.3. The van der Waals surface area contributed by atoms with Crippen LogP contribution in [0.25, 0.3) is 6.08 Å². The number of nitrogens with zero attached hydrogens (tertiary/aromatic N) is 1. The highest BCUT2D eigenvalue weighted by atomic mass is 32.2. The topological polar surface area (TPSA) is 210 Å². The number of benzene rings is 3. The van der Waals surface area contributed by atoms with Gasteiger partial charge in [0.2, 0.25) is 17.7 Å². The first-order chi connectivity index (χ1) is 25.3. The number of methoxy groups -OCH3 is 4. The number of carbonyl (C=O) groups is 3. The minimum atomic E-state index is -3.81. The molecule has 1 aromatic heterocycles. The molecule has 17 heteroatoms. The normalized spacial score (nSPS) is 11.1. The Morgan fingerprint density at radius 3 is 1.98 bits per heavy atom. The van der Waals surface area contributed by atoms with Crippen LogP contribution in [0.4, 0.5) is 16.2 Å². The van der Waals surface area contributed by atoms with E-state index in [9.17, 15) is 33.0 Å². The molecule has 0 unspecified atom stereocenters. The predicted octanol–water partition coefficient (Wildman–Crippen LogP) is 5.03. The quantitative estimate of drug-likeness (QED) is 0.112. The summed E-state index contributed by atoms with van der Waals surface area (Å²) in [4.78, 5) is 41.8. The van der Waals surface area contributed by atoms with Crippen molar-refractivity contribution in [3.05, 3.63) is 88.8 Å². The fraction of sp³-hybridized carbons (Fsp3) is 0.250. The third-order valence-corrected chi connectivity index (χ3v) is 8.73. The van der Waals surface area contributed by atoms with Crippen LogP contribution < -0.4 is 34.4 Å². The van der Waals surface area contributed by atoms with Crippen molar-refractivity contribution in [2.24, 2.45) is 0 Å². The fourth-order valence-corrected chi connectivity index (χ4v) is 5.91. The molecule has 16 nitrogen and oxygen atoms in total. The Morgan fingerprint density at radius 1 is 0.755 bits per heavy atom. The average molecular weight is 754 g/mol. The van der Waals surface area contributed by atoms with Gasteiger partial charge >= 0.3 is 12.1 Å². The van der Waals surface area contributed by atoms with Crippen molar-refractivity contribution < 1.29 is 61.5 Å². The molecule has 3 aromatic carbocycles. The molecule has 0 spiro atoms. The minimum absolute atomic E-state index is 0.00518. The SMILES string of the molecule is COc1cc(OC)c(C=CS(=O)(=O)Cc2ccc(OC)c(NC(=O)OCc3ccc(NC(=O)CCCC(=O)On4c(O)ccc4O)cc3)c2)c(OC)c1. The molecule has 0 aliphatic heterocycles. The van der Waals surface area contributed by atoms with Crippen LogP contribution in [0.5, 0.6) is 34.8 Å². The molecular formula is C36H39N3O13S.